The van der Waals surface area contributed by atoms with Gasteiger partial charge in [-0.15, -0.1) is 0 Å². The number of methoxy groups -OCH3 is 2. The molecule has 6 aromatic carbocycles. The van der Waals surface area contributed by atoms with E-state index in [2.05, 4.69) is 131 Å². The van der Waals surface area contributed by atoms with Crippen molar-refractivity contribution in [3.63, 3.8) is 0 Å². The number of rotatable bonds is 37. The first-order chi connectivity index (χ1) is 53.0. The molecule has 0 aliphatic heterocycles. The van der Waals surface area contributed by atoms with Crippen molar-refractivity contribution in [2.24, 2.45) is 0 Å². The monoisotopic (exact) mass is 1570 g/mol. The third-order valence-electron chi connectivity index (χ3n) is 18.0. The van der Waals surface area contributed by atoms with E-state index in [0.29, 0.717) is 25.2 Å². The zero-order valence-corrected chi connectivity index (χ0v) is 74.1. The van der Waals surface area contributed by atoms with E-state index in [1.807, 2.05) is 113 Å². The summed E-state index contributed by atoms with van der Waals surface area (Å²) in [5.74, 6) is 5.94. The first kappa shape index (κ1) is 108. The van der Waals surface area contributed by atoms with Gasteiger partial charge in [0.2, 0.25) is 0 Å². The van der Waals surface area contributed by atoms with Crippen LogP contribution in [-0.4, -0.2) is 125 Å². The molecule has 0 bridgehead atoms. The molecule has 0 aliphatic carbocycles. The Kier molecular flexibility index (Phi) is 57.8. The third-order valence-corrected chi connectivity index (χ3v) is 18.0. The van der Waals surface area contributed by atoms with Gasteiger partial charge in [-0.3, -0.25) is 38.4 Å². The van der Waals surface area contributed by atoms with E-state index in [9.17, 15) is 38.4 Å². The second kappa shape index (κ2) is 60.5. The molecule has 113 heavy (non-hydrogen) atoms. The molecule has 3 unspecified atom stereocenters. The summed E-state index contributed by atoms with van der Waals surface area (Å²) >= 11 is 0. The number of aldehydes is 1. The summed E-state index contributed by atoms with van der Waals surface area (Å²) in [5, 5.41) is 0. The number of ether oxygens (including phenoxy) is 9. The summed E-state index contributed by atoms with van der Waals surface area (Å²) in [5.41, 5.74) is 6.60. The average molecular weight is 1570 g/mol. The number of unbranched alkanes of at least 4 members (excludes halogenated alkanes) is 1. The van der Waals surface area contributed by atoms with Crippen LogP contribution in [0, 0.1) is 6.92 Å². The lowest BCUT2D eigenvalue weighted by Crippen LogP contribution is -2.27. The van der Waals surface area contributed by atoms with Crippen LogP contribution in [-0.2, 0) is 74.3 Å². The minimum Gasteiger partial charge on any atom is -0.497 e. The van der Waals surface area contributed by atoms with Crippen LogP contribution in [0.4, 0.5) is 0 Å². The smallest absolute Gasteiger partial charge is 0.170 e. The van der Waals surface area contributed by atoms with Gasteiger partial charge in [0.25, 0.3) is 0 Å². The van der Waals surface area contributed by atoms with Gasteiger partial charge in [-0.25, -0.2) is 0 Å². The molecule has 630 valence electrons. The van der Waals surface area contributed by atoms with Gasteiger partial charge in [0.05, 0.1) is 7.11 Å². The number of hydrogen-bond acceptors (Lipinski definition) is 18. The summed E-state index contributed by atoms with van der Waals surface area (Å²) in [6.45, 7) is 52.2. The minimum absolute atomic E-state index is 0.0100. The maximum absolute atomic E-state index is 12.0. The normalized spacial score (nSPS) is 11.3. The van der Waals surface area contributed by atoms with Gasteiger partial charge < -0.3 is 47.4 Å². The van der Waals surface area contributed by atoms with Gasteiger partial charge >= 0.3 is 0 Å². The van der Waals surface area contributed by atoms with Crippen molar-refractivity contribution in [2.75, 3.05) is 53.9 Å². The fourth-order valence-corrected chi connectivity index (χ4v) is 9.39. The molecular formula is C95H142O18. The Bertz CT molecular complexity index is 3630. The number of hydrogen-bond donors (Lipinski definition) is 0. The van der Waals surface area contributed by atoms with Crippen LogP contribution in [0.2, 0.25) is 0 Å². The highest BCUT2D eigenvalue weighted by Gasteiger charge is 2.30. The minimum atomic E-state index is -0.355. The highest BCUT2D eigenvalue weighted by molar-refractivity contribution is 5.82. The van der Waals surface area contributed by atoms with Crippen molar-refractivity contribution in [1.29, 1.82) is 0 Å². The quantitative estimate of drug-likeness (QED) is 0.0330. The number of carbonyl (C=O) groups excluding carboxylic acids is 9. The van der Waals surface area contributed by atoms with Gasteiger partial charge in [-0.05, 0) is 233 Å². The van der Waals surface area contributed by atoms with Gasteiger partial charge in [0.15, 0.2) is 64.6 Å². The van der Waals surface area contributed by atoms with E-state index in [0.717, 1.165) is 85.7 Å². The Morgan fingerprint density at radius 1 is 0.381 bits per heavy atom. The molecular weight excluding hydrogens is 1430 g/mol. The Labute approximate surface area is 680 Å². The second-order valence-electron chi connectivity index (χ2n) is 29.8. The summed E-state index contributed by atoms with van der Waals surface area (Å²) in [6.07, 6.45) is 8.27. The Balaban J connectivity index is -0.00000126. The number of benzene rings is 6. The van der Waals surface area contributed by atoms with E-state index in [4.69, 9.17) is 42.7 Å². The topological polar surface area (TPSA) is 237 Å². The number of aryl methyl sites for hydroxylation is 1. The standard InChI is InChI=1S/C23H38O2.C21H34O2.C11H14O2.C10H12O3.C10H12O2.C9H10O2.C5H10O2.C4H8O2.C2H4O/c1-9-12-13-20(17(4)24)25-21-15-14-18(22(5,6)10-2)16-19(21)23(7,8)11-3;1-9-18(15(4)22)23-19-13-12-16(20(5,6)10-2)14-17(19)21(7,8)11-3;1-3-11(9(2)12)13-10-7-5-4-6-8-10;1-8(11)7-13-10-5-3-9(12-2)4-6-10;1-8-3-5-10(6-4-8)12-7-9(2)11;1-8(10)7-11-9-5-3-2-4-6-9;1-3-7-4-5(2)6;1-4(5)3-6-2;1-2-3/h14-16,20H,9-13H2,1-8H3;12-14,18H,9-11H2,1-8H3;4-8,11H,3H2,1-2H3;3-6H,7H2,1-2H3;3-6H,7H2,1-2H3;2-6H,7H2,1H3;3-4H2,1-2H3;3H2,1-2H3;2H,1H3. The van der Waals surface area contributed by atoms with Crippen LogP contribution in [0.15, 0.2) is 146 Å². The molecule has 0 spiro atoms. The first-order valence-electron chi connectivity index (χ1n) is 39.5. The van der Waals surface area contributed by atoms with Crippen molar-refractivity contribution in [3.05, 3.63) is 173 Å². The predicted molar refractivity (Wildman–Crippen MR) is 459 cm³/mol. The van der Waals surface area contributed by atoms with Crippen molar-refractivity contribution >= 4 is 52.6 Å². The molecule has 0 amide bonds. The average Bonchev–Trinajstić information content (AvgIpc) is 0.794. The summed E-state index contributed by atoms with van der Waals surface area (Å²) in [6, 6.07) is 46.5. The fourth-order valence-electron chi connectivity index (χ4n) is 9.39. The van der Waals surface area contributed by atoms with Gasteiger partial charge in [-0.2, -0.15) is 0 Å². The molecule has 6 rings (SSSR count). The first-order valence-corrected chi connectivity index (χ1v) is 39.5. The van der Waals surface area contributed by atoms with Gasteiger partial charge in [0.1, 0.15) is 79.6 Å². The number of para-hydroxylation sites is 2. The highest BCUT2D eigenvalue weighted by atomic mass is 16.5. The molecule has 0 radical (unpaired) electrons. The third kappa shape index (κ3) is 49.9. The van der Waals surface area contributed by atoms with Crippen LogP contribution < -0.4 is 33.2 Å². The van der Waals surface area contributed by atoms with Gasteiger partial charge in [0, 0.05) is 24.8 Å². The Morgan fingerprint density at radius 2 is 0.699 bits per heavy atom. The van der Waals surface area contributed by atoms with E-state index in [1.54, 1.807) is 52.1 Å². The van der Waals surface area contributed by atoms with E-state index >= 15 is 0 Å². The van der Waals surface area contributed by atoms with E-state index in [1.165, 1.54) is 76.5 Å². The molecule has 0 aliphatic rings. The van der Waals surface area contributed by atoms with Crippen molar-refractivity contribution in [3.8, 4) is 40.2 Å². The molecule has 0 N–H and O–H groups in total. The molecule has 0 aromatic heterocycles. The summed E-state index contributed by atoms with van der Waals surface area (Å²) in [7, 11) is 3.10. The number of Topliss-reactive ketones (excluding diaryl/α,β-unsaturated/α-hetero) is 8. The molecule has 3 atom stereocenters. The maximum atomic E-state index is 12.0. The molecule has 18 heteroatoms. The van der Waals surface area contributed by atoms with Crippen molar-refractivity contribution in [1.82, 2.24) is 0 Å². The zero-order chi connectivity index (χ0) is 86.9. The lowest BCUT2D eigenvalue weighted by Gasteiger charge is -2.31. The van der Waals surface area contributed by atoms with E-state index in [-0.39, 0.29) is 119 Å². The molecule has 0 heterocycles. The lowest BCUT2D eigenvalue weighted by molar-refractivity contribution is -0.124. The molecule has 18 nitrogen and oxygen atoms in total. The molecule has 0 fully saturated rings. The maximum Gasteiger partial charge on any atom is 0.170 e. The van der Waals surface area contributed by atoms with Crippen molar-refractivity contribution < 1.29 is 85.8 Å². The Hall–Kier alpha value is -9.13. The fraction of sp³-hybridized carbons (Fsp3) is 0.526. The lowest BCUT2D eigenvalue weighted by atomic mass is 9.76. The van der Waals surface area contributed by atoms with Crippen LogP contribution in [0.25, 0.3) is 0 Å². The van der Waals surface area contributed by atoms with Gasteiger partial charge in [-0.1, -0.05) is 189 Å². The van der Waals surface area contributed by atoms with Crippen LogP contribution in [0.5, 0.6) is 40.2 Å². The van der Waals surface area contributed by atoms with Crippen LogP contribution in [0.3, 0.4) is 0 Å². The summed E-state index contributed by atoms with van der Waals surface area (Å²) in [4.78, 5) is 95.3. The molecule has 6 aromatic rings. The number of carbonyl (C=O) groups is 9. The summed E-state index contributed by atoms with van der Waals surface area (Å²) < 4.78 is 47.4. The zero-order valence-electron chi connectivity index (χ0n) is 74.1. The van der Waals surface area contributed by atoms with E-state index < -0.39 is 0 Å². The highest BCUT2D eigenvalue weighted by Crippen LogP contribution is 2.41. The van der Waals surface area contributed by atoms with Crippen LogP contribution >= 0.6 is 0 Å². The number of ketones is 8. The second-order valence-corrected chi connectivity index (χ2v) is 29.8. The predicted octanol–water partition coefficient (Wildman–Crippen LogP) is 21.1. The Morgan fingerprint density at radius 3 is 0.982 bits per heavy atom. The van der Waals surface area contributed by atoms with Crippen molar-refractivity contribution in [2.45, 2.75) is 278 Å². The SMILES string of the molecule is CC(=O)COc1ccc(C)cc1.CC(=O)COc1ccccc1.CC=O.CCC(Oc1ccc(C(C)(C)CC)cc1C(C)(C)CC)C(C)=O.CCC(Oc1ccccc1)C(C)=O.CCCCC(Oc1ccc(C(C)(C)CC)cc1C(C)(C)CC)C(C)=O.CCOCC(C)=O.COCC(C)=O.COc1ccc(OCC(C)=O)cc1. The van der Waals surface area contributed by atoms with Crippen LogP contribution in [0.1, 0.15) is 259 Å². The largest absolute Gasteiger partial charge is 0.497 e. The molecule has 0 saturated heterocycles. The molecule has 0 saturated carbocycles.